The van der Waals surface area contributed by atoms with Crippen LogP contribution in [0.2, 0.25) is 5.02 Å². The number of aryl methyl sites for hydroxylation is 1. The molecule has 2 aromatic heterocycles. The minimum atomic E-state index is -1.51. The fourth-order valence-electron chi connectivity index (χ4n) is 3.83. The molecule has 0 aliphatic carbocycles. The fourth-order valence-corrected chi connectivity index (χ4v) is 6.59. The van der Waals surface area contributed by atoms with Crippen molar-refractivity contribution in [2.75, 3.05) is 11.5 Å². The lowest BCUT2D eigenvalue weighted by Gasteiger charge is -2.47. The SMILES string of the molecule is Cc1nc2nc(-c3cc(O)c(O)c(Cl)c3)nn2c(SCC2=C(OC(=O)O)N3C(=O)[C@@H](N)[C@H]3SC2)c1C. The standard InChI is InChI=1S/C21H19ClN6O6S2/c1-7-8(2)24-20-25-15(9-3-11(22)14(30)12(29)4-9)26-28(20)18(7)35-5-10-6-36-19-13(23)16(31)27(19)17(10)34-21(32)33/h3-4,13,19,29-30H,5-6,23H2,1-2H3,(H,32,33)/t13-,19-/m1/s1. The van der Waals surface area contributed by atoms with Crippen LogP contribution in [-0.4, -0.2) is 74.8 Å². The highest BCUT2D eigenvalue weighted by atomic mass is 35.5. The molecule has 1 fully saturated rings. The maximum Gasteiger partial charge on any atom is 0.512 e. The van der Waals surface area contributed by atoms with E-state index in [4.69, 9.17) is 22.1 Å². The molecule has 2 aliphatic heterocycles. The van der Waals surface area contributed by atoms with Crippen LogP contribution in [0.3, 0.4) is 0 Å². The molecule has 188 valence electrons. The Bertz CT molecular complexity index is 1450. The Balaban J connectivity index is 1.52. The number of nitrogens with zero attached hydrogens (tertiary/aromatic N) is 5. The second kappa shape index (κ2) is 9.03. The van der Waals surface area contributed by atoms with Gasteiger partial charge in [0.2, 0.25) is 11.8 Å². The van der Waals surface area contributed by atoms with Crippen LogP contribution in [0.4, 0.5) is 4.79 Å². The van der Waals surface area contributed by atoms with Gasteiger partial charge in [0.25, 0.3) is 5.78 Å². The van der Waals surface area contributed by atoms with Gasteiger partial charge >= 0.3 is 6.16 Å². The van der Waals surface area contributed by atoms with Gasteiger partial charge in [-0.1, -0.05) is 11.6 Å². The molecule has 0 spiro atoms. The number of carboxylic acid groups (broad SMARTS) is 1. The predicted molar refractivity (Wildman–Crippen MR) is 132 cm³/mol. The first-order valence-corrected chi connectivity index (χ1v) is 12.9. The number of benzene rings is 1. The molecule has 1 amide bonds. The average Bonchev–Trinajstić information content (AvgIpc) is 3.25. The Labute approximate surface area is 217 Å². The van der Waals surface area contributed by atoms with Crippen molar-refractivity contribution in [1.82, 2.24) is 24.5 Å². The molecule has 15 heteroatoms. The molecule has 2 aliphatic rings. The molecule has 0 bridgehead atoms. The molecule has 0 saturated carbocycles. The van der Waals surface area contributed by atoms with E-state index in [1.54, 1.807) is 4.52 Å². The molecule has 0 unspecified atom stereocenters. The summed E-state index contributed by atoms with van der Waals surface area (Å²) in [5, 5.41) is 33.7. The van der Waals surface area contributed by atoms with Gasteiger partial charge in [0, 0.05) is 33.9 Å². The lowest BCUT2D eigenvalue weighted by molar-refractivity contribution is -0.144. The van der Waals surface area contributed by atoms with E-state index in [9.17, 15) is 24.9 Å². The van der Waals surface area contributed by atoms with Crippen molar-refractivity contribution in [3.8, 4) is 22.9 Å². The van der Waals surface area contributed by atoms with Crippen molar-refractivity contribution in [2.24, 2.45) is 5.73 Å². The van der Waals surface area contributed by atoms with Crippen molar-refractivity contribution in [2.45, 2.75) is 30.3 Å². The third-order valence-corrected chi connectivity index (χ3v) is 8.71. The highest BCUT2D eigenvalue weighted by molar-refractivity contribution is 8.01. The Kier molecular flexibility index (Phi) is 6.14. The molecule has 1 aromatic carbocycles. The monoisotopic (exact) mass is 550 g/mol. The van der Waals surface area contributed by atoms with Gasteiger partial charge in [0.15, 0.2) is 17.3 Å². The molecule has 5 rings (SSSR count). The number of aromatic hydroxyl groups is 2. The van der Waals surface area contributed by atoms with Crippen LogP contribution >= 0.6 is 35.1 Å². The molecule has 12 nitrogen and oxygen atoms in total. The summed E-state index contributed by atoms with van der Waals surface area (Å²) >= 11 is 8.81. The minimum absolute atomic E-state index is 0.00128. The number of thioether (sulfide) groups is 2. The summed E-state index contributed by atoms with van der Waals surface area (Å²) in [6.07, 6.45) is -1.51. The zero-order valence-corrected chi connectivity index (χ0v) is 21.2. The van der Waals surface area contributed by atoms with Gasteiger partial charge in [-0.2, -0.15) is 9.50 Å². The Morgan fingerprint density at radius 3 is 2.78 bits per heavy atom. The van der Waals surface area contributed by atoms with Gasteiger partial charge in [-0.05, 0) is 26.0 Å². The highest BCUT2D eigenvalue weighted by Gasteiger charge is 2.51. The lowest BCUT2D eigenvalue weighted by atomic mass is 10.1. The van der Waals surface area contributed by atoms with Crippen LogP contribution < -0.4 is 5.73 Å². The zero-order chi connectivity index (χ0) is 25.9. The summed E-state index contributed by atoms with van der Waals surface area (Å²) in [5.41, 5.74) is 8.41. The van der Waals surface area contributed by atoms with E-state index in [0.29, 0.717) is 39.1 Å². The van der Waals surface area contributed by atoms with Gasteiger partial charge in [-0.3, -0.25) is 9.69 Å². The van der Waals surface area contributed by atoms with E-state index in [1.165, 1.54) is 40.6 Å². The first kappa shape index (κ1) is 24.5. The number of carbonyl (C=O) groups excluding carboxylic acids is 1. The van der Waals surface area contributed by atoms with Gasteiger partial charge in [-0.25, -0.2) is 9.78 Å². The summed E-state index contributed by atoms with van der Waals surface area (Å²) in [4.78, 5) is 33.8. The maximum absolute atomic E-state index is 12.3. The first-order valence-electron chi connectivity index (χ1n) is 10.5. The molecule has 5 N–H and O–H groups in total. The second-order valence-corrected chi connectivity index (χ2v) is 10.6. The molecule has 2 atom stereocenters. The number of rotatable bonds is 5. The van der Waals surface area contributed by atoms with E-state index in [1.807, 2.05) is 13.8 Å². The largest absolute Gasteiger partial charge is 0.512 e. The summed E-state index contributed by atoms with van der Waals surface area (Å²) in [6.45, 7) is 3.71. The van der Waals surface area contributed by atoms with E-state index in [-0.39, 0.29) is 28.0 Å². The number of carbonyl (C=O) groups is 2. The molecular weight excluding hydrogens is 532 g/mol. The number of nitrogens with two attached hydrogens (primary N) is 1. The van der Waals surface area contributed by atoms with Crippen molar-refractivity contribution < 1.29 is 29.6 Å². The zero-order valence-electron chi connectivity index (χ0n) is 18.8. The number of fused-ring (bicyclic) bond motifs is 2. The summed E-state index contributed by atoms with van der Waals surface area (Å²) in [5.74, 6) is 0.0538. The number of phenols is 2. The van der Waals surface area contributed by atoms with Gasteiger partial charge < -0.3 is 25.8 Å². The second-order valence-electron chi connectivity index (χ2n) is 8.10. The lowest BCUT2D eigenvalue weighted by Crippen LogP contribution is -2.68. The van der Waals surface area contributed by atoms with Gasteiger partial charge in [0.1, 0.15) is 16.4 Å². The smallest absolute Gasteiger partial charge is 0.504 e. The van der Waals surface area contributed by atoms with E-state index in [2.05, 4.69) is 15.1 Å². The Hall–Kier alpha value is -3.20. The molecule has 4 heterocycles. The maximum atomic E-state index is 12.3. The highest BCUT2D eigenvalue weighted by Crippen LogP contribution is 2.42. The van der Waals surface area contributed by atoms with E-state index >= 15 is 0 Å². The average molecular weight is 551 g/mol. The molecular formula is C21H19ClN6O6S2. The number of ether oxygens (including phenoxy) is 1. The number of β-lactam (4-membered cyclic amide) rings is 1. The molecule has 0 radical (unpaired) electrons. The van der Waals surface area contributed by atoms with Crippen LogP contribution in [0.5, 0.6) is 11.5 Å². The third kappa shape index (κ3) is 3.99. The first-order chi connectivity index (χ1) is 17.1. The number of aromatic nitrogens is 4. The van der Waals surface area contributed by atoms with Crippen LogP contribution in [0.1, 0.15) is 11.3 Å². The molecule has 1 saturated heterocycles. The predicted octanol–water partition coefficient (Wildman–Crippen LogP) is 2.71. The van der Waals surface area contributed by atoms with Crippen molar-refractivity contribution in [1.29, 1.82) is 0 Å². The topological polar surface area (TPSA) is 176 Å². The van der Waals surface area contributed by atoms with Crippen molar-refractivity contribution >= 4 is 53.0 Å². The number of phenolic OH excluding ortho intramolecular Hbond substituents is 2. The minimum Gasteiger partial charge on any atom is -0.504 e. The summed E-state index contributed by atoms with van der Waals surface area (Å²) in [7, 11) is 0. The normalized spacial score (nSPS) is 19.4. The van der Waals surface area contributed by atoms with E-state index < -0.39 is 23.7 Å². The number of hydrogen-bond acceptors (Lipinski definition) is 11. The van der Waals surface area contributed by atoms with Gasteiger partial charge in [-0.15, -0.1) is 28.6 Å². The number of hydrogen-bond donors (Lipinski definition) is 4. The Morgan fingerprint density at radius 1 is 1.33 bits per heavy atom. The number of halogens is 1. The Morgan fingerprint density at radius 2 is 2.08 bits per heavy atom. The molecule has 36 heavy (non-hydrogen) atoms. The van der Waals surface area contributed by atoms with Crippen LogP contribution in [0.25, 0.3) is 17.2 Å². The molecule has 3 aromatic rings. The summed E-state index contributed by atoms with van der Waals surface area (Å²) < 4.78 is 6.54. The fraction of sp³-hybridized carbons (Fsp3) is 0.286. The van der Waals surface area contributed by atoms with Crippen molar-refractivity contribution in [3.05, 3.63) is 39.9 Å². The quantitative estimate of drug-likeness (QED) is 0.120. The van der Waals surface area contributed by atoms with E-state index in [0.717, 1.165) is 5.56 Å². The number of amides is 1. The third-order valence-electron chi connectivity index (χ3n) is 5.82. The van der Waals surface area contributed by atoms with Crippen LogP contribution in [0.15, 0.2) is 28.6 Å². The van der Waals surface area contributed by atoms with Gasteiger partial charge in [0.05, 0.1) is 5.02 Å². The summed E-state index contributed by atoms with van der Waals surface area (Å²) in [6, 6.07) is 2.04. The van der Waals surface area contributed by atoms with Crippen LogP contribution in [0, 0.1) is 13.8 Å². The van der Waals surface area contributed by atoms with Crippen LogP contribution in [-0.2, 0) is 9.53 Å². The van der Waals surface area contributed by atoms with Crippen molar-refractivity contribution in [3.63, 3.8) is 0 Å².